The van der Waals surface area contributed by atoms with Crippen LogP contribution in [0, 0.1) is 0 Å². The van der Waals surface area contributed by atoms with Gasteiger partial charge in [-0.25, -0.2) is 0 Å². The van der Waals surface area contributed by atoms with Crippen molar-refractivity contribution in [1.82, 2.24) is 0 Å². The van der Waals surface area contributed by atoms with Gasteiger partial charge in [0, 0.05) is 0 Å². The average molecular weight is 254 g/mol. The van der Waals surface area contributed by atoms with Crippen molar-refractivity contribution in [2.75, 3.05) is 0 Å². The van der Waals surface area contributed by atoms with Crippen LogP contribution in [0.1, 0.15) is 42.9 Å². The van der Waals surface area contributed by atoms with Crippen LogP contribution >= 0.6 is 0 Å². The lowest BCUT2D eigenvalue weighted by Gasteiger charge is -2.16. The highest BCUT2D eigenvalue weighted by atomic mass is 16.3. The summed E-state index contributed by atoms with van der Waals surface area (Å²) in [5.41, 5.74) is 4.08. The maximum Gasteiger partial charge on any atom is 0.115 e. The highest BCUT2D eigenvalue weighted by Gasteiger charge is 2.10. The third kappa shape index (κ3) is 3.60. The van der Waals surface area contributed by atoms with Gasteiger partial charge in [0.1, 0.15) is 5.75 Å². The van der Waals surface area contributed by atoms with E-state index in [2.05, 4.69) is 38.1 Å². The molecule has 19 heavy (non-hydrogen) atoms. The summed E-state index contributed by atoms with van der Waals surface area (Å²) in [5.74, 6) is 0.860. The SMILES string of the molecule is CCc1ccc(CC(CC)c2ccc(O)cc2)cc1. The first-order valence-electron chi connectivity index (χ1n) is 7.09. The fourth-order valence-electron chi connectivity index (χ4n) is 2.44. The highest BCUT2D eigenvalue weighted by Crippen LogP contribution is 2.25. The smallest absolute Gasteiger partial charge is 0.115 e. The lowest BCUT2D eigenvalue weighted by Crippen LogP contribution is -2.01. The van der Waals surface area contributed by atoms with Gasteiger partial charge >= 0.3 is 0 Å². The van der Waals surface area contributed by atoms with Crippen LogP contribution in [0.4, 0.5) is 0 Å². The van der Waals surface area contributed by atoms with Gasteiger partial charge in [0.05, 0.1) is 0 Å². The highest BCUT2D eigenvalue weighted by molar-refractivity contribution is 5.30. The number of rotatable bonds is 5. The monoisotopic (exact) mass is 254 g/mol. The second-order valence-electron chi connectivity index (χ2n) is 5.07. The van der Waals surface area contributed by atoms with Crippen LogP contribution in [0.2, 0.25) is 0 Å². The van der Waals surface area contributed by atoms with Crippen molar-refractivity contribution in [3.63, 3.8) is 0 Å². The third-order valence-corrected chi connectivity index (χ3v) is 3.77. The molecule has 0 heterocycles. The zero-order valence-electron chi connectivity index (χ0n) is 11.8. The molecule has 0 aliphatic carbocycles. The summed E-state index contributed by atoms with van der Waals surface area (Å²) in [5, 5.41) is 9.36. The number of hydrogen-bond donors (Lipinski definition) is 1. The van der Waals surface area contributed by atoms with E-state index in [1.165, 1.54) is 16.7 Å². The molecule has 1 atom stereocenters. The van der Waals surface area contributed by atoms with Crippen LogP contribution in [-0.2, 0) is 12.8 Å². The Morgan fingerprint density at radius 3 is 1.95 bits per heavy atom. The molecule has 2 aromatic rings. The summed E-state index contributed by atoms with van der Waals surface area (Å²) in [4.78, 5) is 0. The summed E-state index contributed by atoms with van der Waals surface area (Å²) in [6.45, 7) is 4.40. The molecule has 1 nitrogen and oxygen atoms in total. The molecule has 0 fully saturated rings. The number of hydrogen-bond acceptors (Lipinski definition) is 1. The lowest BCUT2D eigenvalue weighted by molar-refractivity contribution is 0.474. The van der Waals surface area contributed by atoms with Gasteiger partial charge in [-0.05, 0) is 54.0 Å². The molecular weight excluding hydrogens is 232 g/mol. The van der Waals surface area contributed by atoms with E-state index in [1.54, 1.807) is 12.1 Å². The van der Waals surface area contributed by atoms with E-state index in [4.69, 9.17) is 0 Å². The van der Waals surface area contributed by atoms with Gasteiger partial charge in [-0.15, -0.1) is 0 Å². The maximum atomic E-state index is 9.36. The van der Waals surface area contributed by atoms with Crippen molar-refractivity contribution in [2.24, 2.45) is 0 Å². The summed E-state index contributed by atoms with van der Waals surface area (Å²) in [6.07, 6.45) is 3.26. The van der Waals surface area contributed by atoms with Gasteiger partial charge in [-0.2, -0.15) is 0 Å². The predicted molar refractivity (Wildman–Crippen MR) is 80.7 cm³/mol. The molecule has 2 aromatic carbocycles. The van der Waals surface area contributed by atoms with E-state index in [0.717, 1.165) is 19.3 Å². The van der Waals surface area contributed by atoms with Crippen molar-refractivity contribution in [3.05, 3.63) is 65.2 Å². The Bertz CT molecular complexity index is 496. The molecule has 0 saturated heterocycles. The predicted octanol–water partition coefficient (Wildman–Crippen LogP) is 4.69. The van der Waals surface area contributed by atoms with Crippen LogP contribution in [-0.4, -0.2) is 5.11 Å². The van der Waals surface area contributed by atoms with E-state index in [-0.39, 0.29) is 0 Å². The van der Waals surface area contributed by atoms with Gasteiger partial charge in [0.2, 0.25) is 0 Å². The average Bonchev–Trinajstić information content (AvgIpc) is 2.46. The van der Waals surface area contributed by atoms with Gasteiger partial charge in [-0.1, -0.05) is 50.2 Å². The number of phenols is 1. The molecule has 0 aliphatic heterocycles. The first-order chi connectivity index (χ1) is 9.22. The van der Waals surface area contributed by atoms with Gasteiger partial charge in [-0.3, -0.25) is 0 Å². The number of aryl methyl sites for hydroxylation is 1. The Morgan fingerprint density at radius 2 is 1.42 bits per heavy atom. The Balaban J connectivity index is 2.11. The van der Waals surface area contributed by atoms with Crippen LogP contribution in [0.5, 0.6) is 5.75 Å². The minimum atomic E-state index is 0.339. The molecular formula is C18H22O. The van der Waals surface area contributed by atoms with Gasteiger partial charge < -0.3 is 5.11 Å². The molecule has 0 radical (unpaired) electrons. The number of phenolic OH excluding ortho intramolecular Hbond substituents is 1. The van der Waals surface area contributed by atoms with Crippen molar-refractivity contribution >= 4 is 0 Å². The van der Waals surface area contributed by atoms with E-state index >= 15 is 0 Å². The molecule has 0 aliphatic rings. The topological polar surface area (TPSA) is 20.2 Å². The minimum Gasteiger partial charge on any atom is -0.508 e. The Morgan fingerprint density at radius 1 is 0.842 bits per heavy atom. The first-order valence-corrected chi connectivity index (χ1v) is 7.09. The second-order valence-corrected chi connectivity index (χ2v) is 5.07. The fourth-order valence-corrected chi connectivity index (χ4v) is 2.44. The third-order valence-electron chi connectivity index (χ3n) is 3.77. The Kier molecular flexibility index (Phi) is 4.62. The second kappa shape index (κ2) is 6.42. The van der Waals surface area contributed by atoms with Crippen molar-refractivity contribution in [3.8, 4) is 5.75 Å². The van der Waals surface area contributed by atoms with Crippen molar-refractivity contribution in [1.29, 1.82) is 0 Å². The lowest BCUT2D eigenvalue weighted by atomic mass is 9.89. The summed E-state index contributed by atoms with van der Waals surface area (Å²) in [7, 11) is 0. The standard InChI is InChI=1S/C18H22O/c1-3-14-5-7-15(8-6-14)13-16(4-2)17-9-11-18(19)12-10-17/h5-12,16,19H,3-4,13H2,1-2H3. The van der Waals surface area contributed by atoms with E-state index in [9.17, 15) is 5.11 Å². The summed E-state index contributed by atoms with van der Waals surface area (Å²) >= 11 is 0. The fraction of sp³-hybridized carbons (Fsp3) is 0.333. The molecule has 0 amide bonds. The molecule has 1 N–H and O–H groups in total. The van der Waals surface area contributed by atoms with Crippen LogP contribution in [0.3, 0.4) is 0 Å². The minimum absolute atomic E-state index is 0.339. The molecule has 0 saturated carbocycles. The number of aromatic hydroxyl groups is 1. The maximum absolute atomic E-state index is 9.36. The molecule has 2 rings (SSSR count). The largest absolute Gasteiger partial charge is 0.508 e. The zero-order valence-corrected chi connectivity index (χ0v) is 11.8. The van der Waals surface area contributed by atoms with Gasteiger partial charge in [0.15, 0.2) is 0 Å². The van der Waals surface area contributed by atoms with Crippen LogP contribution < -0.4 is 0 Å². The van der Waals surface area contributed by atoms with Gasteiger partial charge in [0.25, 0.3) is 0 Å². The van der Waals surface area contributed by atoms with Crippen molar-refractivity contribution < 1.29 is 5.11 Å². The number of benzene rings is 2. The molecule has 100 valence electrons. The Labute approximate surface area is 115 Å². The molecule has 0 bridgehead atoms. The van der Waals surface area contributed by atoms with Crippen LogP contribution in [0.15, 0.2) is 48.5 Å². The van der Waals surface area contributed by atoms with Crippen molar-refractivity contribution in [2.45, 2.75) is 39.0 Å². The molecule has 0 aromatic heterocycles. The van der Waals surface area contributed by atoms with E-state index < -0.39 is 0 Å². The first kappa shape index (κ1) is 13.7. The summed E-state index contributed by atoms with van der Waals surface area (Å²) in [6, 6.07) is 16.5. The molecule has 0 spiro atoms. The normalized spacial score (nSPS) is 12.3. The quantitative estimate of drug-likeness (QED) is 0.820. The van der Waals surface area contributed by atoms with Crippen LogP contribution in [0.25, 0.3) is 0 Å². The molecule has 1 unspecified atom stereocenters. The van der Waals surface area contributed by atoms with E-state index in [1.807, 2.05) is 12.1 Å². The summed E-state index contributed by atoms with van der Waals surface area (Å²) < 4.78 is 0. The Hall–Kier alpha value is -1.76. The van der Waals surface area contributed by atoms with E-state index in [0.29, 0.717) is 11.7 Å². The zero-order chi connectivity index (χ0) is 13.7. The molecule has 1 heteroatoms.